The molecule has 0 radical (unpaired) electrons. The Bertz CT molecular complexity index is 859. The molecule has 0 saturated carbocycles. The quantitative estimate of drug-likeness (QED) is 0.626. The monoisotopic (exact) mass is 368 g/mol. The van der Waals surface area contributed by atoms with E-state index in [1.54, 1.807) is 27.6 Å². The molecule has 1 aliphatic rings. The summed E-state index contributed by atoms with van der Waals surface area (Å²) in [6.07, 6.45) is 4.96. The van der Waals surface area contributed by atoms with Gasteiger partial charge in [0, 0.05) is 9.75 Å². The highest BCUT2D eigenvalue weighted by atomic mass is 32.1. The molecule has 3 aromatic rings. The van der Waals surface area contributed by atoms with E-state index in [0.717, 1.165) is 28.5 Å². The molecule has 0 N–H and O–H groups in total. The van der Waals surface area contributed by atoms with Crippen LogP contribution in [0.25, 0.3) is 0 Å². The van der Waals surface area contributed by atoms with Crippen molar-refractivity contribution < 1.29 is 4.79 Å². The van der Waals surface area contributed by atoms with E-state index in [9.17, 15) is 4.79 Å². The maximum atomic E-state index is 13.1. The molecule has 0 unspecified atom stereocenters. The molecular formula is C20H20N2OS2. The molecule has 0 fully saturated rings. The highest BCUT2D eigenvalue weighted by Gasteiger charge is 2.25. The van der Waals surface area contributed by atoms with E-state index in [1.807, 2.05) is 30.3 Å². The second-order valence-corrected chi connectivity index (χ2v) is 8.46. The van der Waals surface area contributed by atoms with Crippen LogP contribution in [-0.2, 0) is 24.1 Å². The van der Waals surface area contributed by atoms with Crippen molar-refractivity contribution in [2.45, 2.75) is 39.0 Å². The molecule has 1 aromatic carbocycles. The molecule has 2 aromatic heterocycles. The molecule has 1 amide bonds. The van der Waals surface area contributed by atoms with Gasteiger partial charge in [-0.15, -0.1) is 22.7 Å². The number of hydrogen-bond acceptors (Lipinski definition) is 4. The average Bonchev–Trinajstić information content (AvgIpc) is 3.22. The zero-order valence-electron chi connectivity index (χ0n) is 14.2. The number of benzene rings is 1. The third kappa shape index (κ3) is 3.53. The number of carbonyl (C=O) groups excluding carboxylic acids is 1. The van der Waals surface area contributed by atoms with Crippen LogP contribution in [0.5, 0.6) is 0 Å². The molecule has 5 heteroatoms. The number of aryl methyl sites for hydroxylation is 3. The van der Waals surface area contributed by atoms with Crippen molar-refractivity contribution >= 4 is 39.4 Å². The zero-order chi connectivity index (χ0) is 17.2. The van der Waals surface area contributed by atoms with Gasteiger partial charge in [0.15, 0.2) is 5.13 Å². The van der Waals surface area contributed by atoms with Crippen molar-refractivity contribution in [2.24, 2.45) is 0 Å². The highest BCUT2D eigenvalue weighted by molar-refractivity contribution is 7.16. The summed E-state index contributed by atoms with van der Waals surface area (Å²) in [4.78, 5) is 22.2. The number of nitrogens with zero attached hydrogens (tertiary/aromatic N) is 2. The molecule has 3 nitrogen and oxygen atoms in total. The minimum atomic E-state index is 0.0825. The van der Waals surface area contributed by atoms with E-state index in [0.29, 0.717) is 6.42 Å². The fourth-order valence-corrected chi connectivity index (χ4v) is 5.24. The summed E-state index contributed by atoms with van der Waals surface area (Å²) in [7, 11) is 0. The van der Waals surface area contributed by atoms with Gasteiger partial charge in [-0.25, -0.2) is 4.98 Å². The van der Waals surface area contributed by atoms with E-state index >= 15 is 0 Å². The van der Waals surface area contributed by atoms with E-state index < -0.39 is 0 Å². The van der Waals surface area contributed by atoms with Gasteiger partial charge in [0.2, 0.25) is 5.91 Å². The van der Waals surface area contributed by atoms with Gasteiger partial charge in [-0.1, -0.05) is 18.2 Å². The maximum Gasteiger partial charge on any atom is 0.238 e. The van der Waals surface area contributed by atoms with Crippen LogP contribution in [-0.4, -0.2) is 10.9 Å². The van der Waals surface area contributed by atoms with Crippen LogP contribution in [0, 0.1) is 6.92 Å². The van der Waals surface area contributed by atoms with E-state index in [-0.39, 0.29) is 5.91 Å². The molecule has 128 valence electrons. The summed E-state index contributed by atoms with van der Waals surface area (Å²) in [5, 5.41) is 2.91. The Morgan fingerprint density at radius 2 is 2.00 bits per heavy atom. The first-order valence-corrected chi connectivity index (χ1v) is 10.3. The summed E-state index contributed by atoms with van der Waals surface area (Å²) in [6.45, 7) is 2.06. The molecule has 4 rings (SSSR count). The number of para-hydroxylation sites is 1. The van der Waals surface area contributed by atoms with E-state index in [2.05, 4.69) is 18.4 Å². The molecular weight excluding hydrogens is 348 g/mol. The van der Waals surface area contributed by atoms with Gasteiger partial charge < -0.3 is 0 Å². The van der Waals surface area contributed by atoms with Crippen LogP contribution in [0.3, 0.4) is 0 Å². The Morgan fingerprint density at radius 3 is 2.72 bits per heavy atom. The number of anilines is 2. The third-order valence-electron chi connectivity index (χ3n) is 4.40. The summed E-state index contributed by atoms with van der Waals surface area (Å²) in [5.41, 5.74) is 3.29. The average molecular weight is 369 g/mol. The Morgan fingerprint density at radius 1 is 1.20 bits per heavy atom. The van der Waals surface area contributed by atoms with Crippen molar-refractivity contribution in [3.8, 4) is 0 Å². The van der Waals surface area contributed by atoms with Crippen LogP contribution < -0.4 is 4.90 Å². The van der Waals surface area contributed by atoms with Gasteiger partial charge in [-0.3, -0.25) is 9.69 Å². The third-order valence-corrected chi connectivity index (χ3v) is 6.60. The zero-order valence-corrected chi connectivity index (χ0v) is 15.8. The van der Waals surface area contributed by atoms with Gasteiger partial charge in [0.1, 0.15) is 0 Å². The van der Waals surface area contributed by atoms with Crippen molar-refractivity contribution in [2.75, 3.05) is 4.90 Å². The normalized spacial score (nSPS) is 13.5. The van der Waals surface area contributed by atoms with Gasteiger partial charge in [-0.05, 0) is 61.7 Å². The summed E-state index contributed by atoms with van der Waals surface area (Å²) in [6, 6.07) is 12.0. The van der Waals surface area contributed by atoms with Crippen molar-refractivity contribution in [3.63, 3.8) is 0 Å². The summed E-state index contributed by atoms with van der Waals surface area (Å²) >= 11 is 3.33. The first-order chi connectivity index (χ1) is 12.2. The number of rotatable bonds is 4. The molecule has 0 saturated heterocycles. The number of amides is 1. The molecule has 1 aliphatic carbocycles. The van der Waals surface area contributed by atoms with Crippen LogP contribution in [0.2, 0.25) is 0 Å². The summed E-state index contributed by atoms with van der Waals surface area (Å²) < 4.78 is 0. The van der Waals surface area contributed by atoms with Gasteiger partial charge in [0.05, 0.1) is 17.8 Å². The number of thiophene rings is 1. The Hall–Kier alpha value is -1.98. The van der Waals surface area contributed by atoms with Gasteiger partial charge in [-0.2, -0.15) is 0 Å². The molecule has 0 spiro atoms. The van der Waals surface area contributed by atoms with Crippen molar-refractivity contribution in [1.82, 2.24) is 4.98 Å². The molecule has 0 bridgehead atoms. The Kier molecular flexibility index (Phi) is 4.68. The topological polar surface area (TPSA) is 33.2 Å². The van der Waals surface area contributed by atoms with Gasteiger partial charge >= 0.3 is 0 Å². The first-order valence-electron chi connectivity index (χ1n) is 8.61. The second-order valence-electron chi connectivity index (χ2n) is 6.41. The fraction of sp³-hybridized carbons (Fsp3) is 0.300. The first kappa shape index (κ1) is 16.5. The fourth-order valence-electron chi connectivity index (χ4n) is 3.18. The van der Waals surface area contributed by atoms with Crippen molar-refractivity contribution in [1.29, 1.82) is 0 Å². The Labute approximate surface area is 156 Å². The minimum Gasteiger partial charge on any atom is -0.274 e. The molecule has 25 heavy (non-hydrogen) atoms. The number of aromatic nitrogens is 1. The lowest BCUT2D eigenvalue weighted by molar-refractivity contribution is -0.117. The smallest absolute Gasteiger partial charge is 0.238 e. The predicted octanol–water partition coefficient (Wildman–Crippen LogP) is 5.30. The minimum absolute atomic E-state index is 0.0825. The van der Waals surface area contributed by atoms with E-state index in [1.165, 1.54) is 29.0 Å². The lowest BCUT2D eigenvalue weighted by atomic mass is 10.0. The Balaban J connectivity index is 1.69. The highest BCUT2D eigenvalue weighted by Crippen LogP contribution is 2.35. The standard InChI is InChI=1S/C20H20N2OS2/c1-14-11-16(24-13-14)12-19(23)22(15-7-3-2-4-8-15)20-21-17-9-5-6-10-18(17)25-20/h2-4,7-8,11,13H,5-6,9-10,12H2,1H3. The predicted molar refractivity (Wildman–Crippen MR) is 105 cm³/mol. The largest absolute Gasteiger partial charge is 0.274 e. The number of thiazole rings is 1. The van der Waals surface area contributed by atoms with Crippen LogP contribution in [0.15, 0.2) is 41.8 Å². The van der Waals surface area contributed by atoms with Crippen molar-refractivity contribution in [3.05, 3.63) is 62.8 Å². The SMILES string of the molecule is Cc1csc(CC(=O)N(c2ccccc2)c2nc3c(s2)CCCC3)c1. The van der Waals surface area contributed by atoms with Crippen LogP contribution in [0.4, 0.5) is 10.8 Å². The maximum absolute atomic E-state index is 13.1. The molecule has 2 heterocycles. The van der Waals surface area contributed by atoms with Gasteiger partial charge in [0.25, 0.3) is 0 Å². The molecule has 0 atom stereocenters. The lowest BCUT2D eigenvalue weighted by Crippen LogP contribution is -2.27. The number of carbonyl (C=O) groups is 1. The van der Waals surface area contributed by atoms with E-state index in [4.69, 9.17) is 4.98 Å². The van der Waals surface area contributed by atoms with Crippen LogP contribution >= 0.6 is 22.7 Å². The lowest BCUT2D eigenvalue weighted by Gasteiger charge is -2.19. The van der Waals surface area contributed by atoms with Crippen LogP contribution in [0.1, 0.15) is 33.9 Å². The number of fused-ring (bicyclic) bond motifs is 1. The summed E-state index contributed by atoms with van der Waals surface area (Å²) in [5.74, 6) is 0.0825. The molecule has 0 aliphatic heterocycles. The number of hydrogen-bond donors (Lipinski definition) is 0. The second kappa shape index (κ2) is 7.10.